The Kier molecular flexibility index (Phi) is 11.2. The predicted molar refractivity (Wildman–Crippen MR) is 204 cm³/mol. The smallest absolute Gasteiger partial charge is 0.408 e. The van der Waals surface area contributed by atoms with Crippen LogP contribution in [0.4, 0.5) is 4.79 Å². The summed E-state index contributed by atoms with van der Waals surface area (Å²) < 4.78 is 29.5. The molecule has 314 valence electrons. The highest BCUT2D eigenvalue weighted by Crippen LogP contribution is 2.64. The molecule has 5 N–H and O–H groups in total. The minimum Gasteiger partial charge on any atom is -0.456 e. The number of benzene rings is 2. The molecule has 2 aromatic carbocycles. The van der Waals surface area contributed by atoms with Crippen LogP contribution in [0.2, 0.25) is 0 Å². The summed E-state index contributed by atoms with van der Waals surface area (Å²) in [6.07, 6.45) is -11.5. The second-order valence-corrected chi connectivity index (χ2v) is 17.6. The zero-order valence-electron chi connectivity index (χ0n) is 33.9. The first-order valence-corrected chi connectivity index (χ1v) is 19.3. The molecule has 1 amide bonds. The zero-order chi connectivity index (χ0) is 42.7. The standard InChI is InChI=1S/C43H53NO14/c1-22-26(55-37(51)32(48)30(24-15-11-9-12-16-24)44-38(52)58-39(3,4)5)20-43(53)35(56-36(50)25-17-13-10-14-18-25)33-41(8,34(49)31(47)29(22)40(43,6)7)27(46)19-28-42(33,21-54-28)57-23(2)45/h9-18,26-28,30-33,35,46-48,53H,19-21H2,1-8H3,(H,44,52)/t26?,27-,28+,30?,31+,32?,33?,35?,41+,42-,43+/m0/s1. The van der Waals surface area contributed by atoms with Gasteiger partial charge in [0, 0.05) is 25.2 Å². The van der Waals surface area contributed by atoms with Crippen LogP contribution in [-0.4, -0.2) is 110 Å². The third kappa shape index (κ3) is 7.10. The Labute approximate surface area is 336 Å². The lowest BCUT2D eigenvalue weighted by Crippen LogP contribution is -2.81. The lowest BCUT2D eigenvalue weighted by Gasteiger charge is -2.67. The van der Waals surface area contributed by atoms with E-state index >= 15 is 0 Å². The number of carbonyl (C=O) groups excluding carboxylic acids is 5. The maximum atomic E-state index is 14.9. The van der Waals surface area contributed by atoms with Gasteiger partial charge in [0.1, 0.15) is 35.6 Å². The molecule has 58 heavy (non-hydrogen) atoms. The van der Waals surface area contributed by atoms with Crippen LogP contribution in [0.3, 0.4) is 0 Å². The third-order valence-electron chi connectivity index (χ3n) is 12.6. The first-order chi connectivity index (χ1) is 27.0. The fraction of sp³-hybridized carbons (Fsp3) is 0.558. The Morgan fingerprint density at radius 1 is 0.948 bits per heavy atom. The molecule has 0 spiro atoms. The Hall–Kier alpha value is -4.67. The Morgan fingerprint density at radius 3 is 2.10 bits per heavy atom. The molecule has 2 aromatic rings. The maximum Gasteiger partial charge on any atom is 0.408 e. The highest BCUT2D eigenvalue weighted by atomic mass is 16.6. The van der Waals surface area contributed by atoms with Crippen LogP contribution in [-0.2, 0) is 38.1 Å². The van der Waals surface area contributed by atoms with Crippen LogP contribution in [0.5, 0.6) is 0 Å². The number of Topliss-reactive ketones (excluding diaryl/α,β-unsaturated/α-hetero) is 1. The summed E-state index contributed by atoms with van der Waals surface area (Å²) in [7, 11) is 0. The highest BCUT2D eigenvalue weighted by molar-refractivity contribution is 5.94. The monoisotopic (exact) mass is 807 g/mol. The van der Waals surface area contributed by atoms with Gasteiger partial charge in [0.15, 0.2) is 17.5 Å². The average Bonchev–Trinajstić information content (AvgIpc) is 3.14. The van der Waals surface area contributed by atoms with E-state index in [0.29, 0.717) is 5.56 Å². The molecule has 11 atom stereocenters. The van der Waals surface area contributed by atoms with Crippen molar-refractivity contribution in [3.05, 3.63) is 82.9 Å². The number of carbonyl (C=O) groups is 5. The van der Waals surface area contributed by atoms with E-state index < -0.39 is 112 Å². The van der Waals surface area contributed by atoms with Gasteiger partial charge in [-0.2, -0.15) is 0 Å². The van der Waals surface area contributed by atoms with Crippen LogP contribution < -0.4 is 5.32 Å². The number of hydrogen-bond donors (Lipinski definition) is 5. The van der Waals surface area contributed by atoms with Crippen LogP contribution >= 0.6 is 0 Å². The SMILES string of the molecule is CC(=O)O[C@@]12CO[C@@H]1C[C@H](O)[C@@]1(C)C(=O)[C@H](O)C3=C(C)C(OC(=O)C(O)C(NC(=O)OC(C)(C)C)c4ccccc4)C[C@@](O)(C(OC(=O)c4ccccc4)C12)C3(C)C. The van der Waals surface area contributed by atoms with Gasteiger partial charge in [-0.3, -0.25) is 9.59 Å². The van der Waals surface area contributed by atoms with Gasteiger partial charge in [-0.15, -0.1) is 0 Å². The number of aliphatic hydroxyl groups excluding tert-OH is 3. The fourth-order valence-electron chi connectivity index (χ4n) is 9.56. The van der Waals surface area contributed by atoms with Crippen molar-refractivity contribution in [2.45, 2.75) is 128 Å². The van der Waals surface area contributed by atoms with Gasteiger partial charge in [-0.1, -0.05) is 62.4 Å². The number of nitrogens with one attached hydrogen (secondary N) is 1. The lowest BCUT2D eigenvalue weighted by atomic mass is 9.44. The Morgan fingerprint density at radius 2 is 1.55 bits per heavy atom. The largest absolute Gasteiger partial charge is 0.456 e. The number of amides is 1. The normalized spacial score (nSPS) is 33.7. The molecule has 3 fully saturated rings. The molecule has 0 aromatic heterocycles. The van der Waals surface area contributed by atoms with E-state index in [1.807, 2.05) is 0 Å². The number of ether oxygens (including phenoxy) is 5. The highest BCUT2D eigenvalue weighted by Gasteiger charge is 2.78. The predicted octanol–water partition coefficient (Wildman–Crippen LogP) is 3.26. The number of aliphatic hydroxyl groups is 4. The van der Waals surface area contributed by atoms with Gasteiger partial charge in [0.25, 0.3) is 0 Å². The number of rotatable bonds is 8. The first-order valence-electron chi connectivity index (χ1n) is 19.3. The lowest BCUT2D eigenvalue weighted by molar-refractivity contribution is -0.346. The molecular weight excluding hydrogens is 754 g/mol. The quantitative estimate of drug-likeness (QED) is 0.147. The maximum absolute atomic E-state index is 14.9. The molecular formula is C43H53NO14. The topological polar surface area (TPSA) is 224 Å². The molecule has 1 aliphatic heterocycles. The second kappa shape index (κ2) is 15.2. The van der Waals surface area contributed by atoms with Crippen molar-refractivity contribution >= 4 is 29.8 Å². The number of esters is 3. The Balaban J connectivity index is 1.49. The number of ketones is 1. The van der Waals surface area contributed by atoms with Crippen molar-refractivity contribution in [1.82, 2.24) is 5.32 Å². The summed E-state index contributed by atoms with van der Waals surface area (Å²) in [5.74, 6) is -5.36. The first kappa shape index (κ1) is 42.9. The number of hydrogen-bond acceptors (Lipinski definition) is 14. The van der Waals surface area contributed by atoms with Crippen molar-refractivity contribution < 1.29 is 68.1 Å². The van der Waals surface area contributed by atoms with Crippen molar-refractivity contribution in [3.8, 4) is 0 Å². The minimum atomic E-state index is -2.35. The molecule has 2 bridgehead atoms. The fourth-order valence-corrected chi connectivity index (χ4v) is 9.56. The minimum absolute atomic E-state index is 0.0637. The summed E-state index contributed by atoms with van der Waals surface area (Å²) in [5.41, 5.74) is -8.14. The van der Waals surface area contributed by atoms with Gasteiger partial charge in [-0.05, 0) is 63.5 Å². The molecule has 0 radical (unpaired) electrons. The number of alkyl carbamates (subject to hydrolysis) is 1. The molecule has 6 rings (SSSR count). The van der Waals surface area contributed by atoms with Crippen LogP contribution in [0.25, 0.3) is 0 Å². The summed E-state index contributed by atoms with van der Waals surface area (Å²) in [5, 5.41) is 51.6. The molecule has 1 heterocycles. The van der Waals surface area contributed by atoms with Crippen molar-refractivity contribution in [3.63, 3.8) is 0 Å². The van der Waals surface area contributed by atoms with Crippen molar-refractivity contribution in [1.29, 1.82) is 0 Å². The average molecular weight is 808 g/mol. The summed E-state index contributed by atoms with van der Waals surface area (Å²) >= 11 is 0. The van der Waals surface area contributed by atoms with E-state index in [0.717, 1.165) is 6.92 Å². The van der Waals surface area contributed by atoms with Crippen LogP contribution in [0, 0.1) is 16.7 Å². The van der Waals surface area contributed by atoms with Crippen molar-refractivity contribution in [2.24, 2.45) is 16.7 Å². The van der Waals surface area contributed by atoms with Crippen LogP contribution in [0.1, 0.15) is 90.2 Å². The van der Waals surface area contributed by atoms with Gasteiger partial charge in [-0.25, -0.2) is 14.4 Å². The van der Waals surface area contributed by atoms with E-state index in [4.69, 9.17) is 23.7 Å². The summed E-state index contributed by atoms with van der Waals surface area (Å²) in [6, 6.07) is 14.6. The van der Waals surface area contributed by atoms with Gasteiger partial charge in [0.05, 0.1) is 35.6 Å². The molecule has 1 saturated heterocycles. The summed E-state index contributed by atoms with van der Waals surface area (Å²) in [6.45, 7) is 11.8. The summed E-state index contributed by atoms with van der Waals surface area (Å²) in [4.78, 5) is 68.9. The molecule has 5 unspecified atom stereocenters. The number of fused-ring (bicyclic) bond motifs is 5. The van der Waals surface area contributed by atoms with E-state index in [1.165, 1.54) is 26.0 Å². The van der Waals surface area contributed by atoms with E-state index in [9.17, 15) is 44.4 Å². The van der Waals surface area contributed by atoms with Crippen molar-refractivity contribution in [2.75, 3.05) is 6.61 Å². The molecule has 15 nitrogen and oxygen atoms in total. The van der Waals surface area contributed by atoms with Crippen LogP contribution in [0.15, 0.2) is 71.8 Å². The van der Waals surface area contributed by atoms with E-state index in [-0.39, 0.29) is 29.7 Å². The van der Waals surface area contributed by atoms with Gasteiger partial charge in [0.2, 0.25) is 0 Å². The van der Waals surface area contributed by atoms with Gasteiger partial charge >= 0.3 is 24.0 Å². The van der Waals surface area contributed by atoms with E-state index in [2.05, 4.69) is 5.32 Å². The zero-order valence-corrected chi connectivity index (χ0v) is 33.9. The second-order valence-electron chi connectivity index (χ2n) is 17.6. The third-order valence-corrected chi connectivity index (χ3v) is 12.6. The molecule has 15 heteroatoms. The Bertz CT molecular complexity index is 1980. The molecule has 4 aliphatic rings. The molecule has 3 aliphatic carbocycles. The molecule has 2 saturated carbocycles. The van der Waals surface area contributed by atoms with E-state index in [1.54, 1.807) is 83.1 Å². The van der Waals surface area contributed by atoms with Gasteiger partial charge < -0.3 is 49.4 Å².